The smallest absolute Gasteiger partial charge is 0.256 e. The van der Waals surface area contributed by atoms with Crippen LogP contribution >= 0.6 is 27.5 Å². The maximum Gasteiger partial charge on any atom is 0.256 e. The molecule has 2 aromatic carbocycles. The maximum absolute atomic E-state index is 12.4. The molecule has 0 aliphatic carbocycles. The summed E-state index contributed by atoms with van der Waals surface area (Å²) in [5.74, 6) is -0.187. The number of rotatable bonds is 5. The Hall–Kier alpha value is -1.36. The van der Waals surface area contributed by atoms with Crippen molar-refractivity contribution in [2.24, 2.45) is 0 Å². The zero-order chi connectivity index (χ0) is 15.2. The molecular formula is C16H16BrClN2O. The van der Waals surface area contributed by atoms with E-state index in [1.807, 2.05) is 31.2 Å². The SMILES string of the molecule is CCNCc1ccccc1NC(=O)c1cc(Cl)ccc1Br. The second kappa shape index (κ2) is 7.59. The predicted molar refractivity (Wildman–Crippen MR) is 90.9 cm³/mol. The first kappa shape index (κ1) is 16.0. The second-order valence-corrected chi connectivity index (χ2v) is 5.81. The third-order valence-electron chi connectivity index (χ3n) is 3.00. The third-order valence-corrected chi connectivity index (χ3v) is 3.93. The van der Waals surface area contributed by atoms with Gasteiger partial charge in [0.15, 0.2) is 0 Å². The molecule has 0 atom stereocenters. The molecule has 0 unspecified atom stereocenters. The van der Waals surface area contributed by atoms with Crippen LogP contribution in [-0.2, 0) is 6.54 Å². The van der Waals surface area contributed by atoms with Crippen LogP contribution < -0.4 is 10.6 Å². The molecule has 2 aromatic rings. The van der Waals surface area contributed by atoms with Gasteiger partial charge in [-0.25, -0.2) is 0 Å². The summed E-state index contributed by atoms with van der Waals surface area (Å²) >= 11 is 9.33. The molecule has 110 valence electrons. The van der Waals surface area contributed by atoms with E-state index in [4.69, 9.17) is 11.6 Å². The Balaban J connectivity index is 2.21. The van der Waals surface area contributed by atoms with Gasteiger partial charge in [-0.2, -0.15) is 0 Å². The van der Waals surface area contributed by atoms with Gasteiger partial charge in [-0.1, -0.05) is 36.7 Å². The van der Waals surface area contributed by atoms with Gasteiger partial charge in [0.2, 0.25) is 0 Å². The summed E-state index contributed by atoms with van der Waals surface area (Å²) in [5, 5.41) is 6.72. The predicted octanol–water partition coefficient (Wildman–Crippen LogP) is 4.46. The lowest BCUT2D eigenvalue weighted by Crippen LogP contribution is -2.17. The minimum atomic E-state index is -0.187. The first-order valence-corrected chi connectivity index (χ1v) is 7.84. The topological polar surface area (TPSA) is 41.1 Å². The number of hydrogen-bond acceptors (Lipinski definition) is 2. The van der Waals surface area contributed by atoms with Crippen molar-refractivity contribution in [1.82, 2.24) is 5.32 Å². The molecule has 0 aliphatic heterocycles. The molecule has 0 aromatic heterocycles. The molecule has 3 nitrogen and oxygen atoms in total. The number of para-hydroxylation sites is 1. The molecule has 21 heavy (non-hydrogen) atoms. The summed E-state index contributed by atoms with van der Waals surface area (Å²) in [6.45, 7) is 3.63. The summed E-state index contributed by atoms with van der Waals surface area (Å²) < 4.78 is 0.716. The van der Waals surface area contributed by atoms with Gasteiger partial charge in [0.1, 0.15) is 0 Å². The first-order valence-electron chi connectivity index (χ1n) is 6.67. The van der Waals surface area contributed by atoms with E-state index in [-0.39, 0.29) is 5.91 Å². The lowest BCUT2D eigenvalue weighted by Gasteiger charge is -2.12. The molecule has 0 radical (unpaired) electrons. The van der Waals surface area contributed by atoms with E-state index >= 15 is 0 Å². The summed E-state index contributed by atoms with van der Waals surface area (Å²) in [6, 6.07) is 12.9. The highest BCUT2D eigenvalue weighted by Gasteiger charge is 2.12. The zero-order valence-corrected chi connectivity index (χ0v) is 14.0. The van der Waals surface area contributed by atoms with Crippen molar-refractivity contribution >= 4 is 39.1 Å². The van der Waals surface area contributed by atoms with Crippen molar-refractivity contribution in [1.29, 1.82) is 0 Å². The van der Waals surface area contributed by atoms with Gasteiger partial charge < -0.3 is 10.6 Å². The van der Waals surface area contributed by atoms with Crippen LogP contribution in [0.1, 0.15) is 22.8 Å². The molecule has 0 bridgehead atoms. The Labute approximate surface area is 137 Å². The summed E-state index contributed by atoms with van der Waals surface area (Å²) in [5.41, 5.74) is 2.36. The van der Waals surface area contributed by atoms with Gasteiger partial charge in [-0.05, 0) is 52.3 Å². The van der Waals surface area contributed by atoms with E-state index in [2.05, 4.69) is 26.6 Å². The first-order chi connectivity index (χ1) is 10.1. The molecule has 0 spiro atoms. The van der Waals surface area contributed by atoms with Crippen molar-refractivity contribution in [3.05, 3.63) is 63.1 Å². The van der Waals surface area contributed by atoms with Crippen LogP contribution in [0.5, 0.6) is 0 Å². The van der Waals surface area contributed by atoms with Gasteiger partial charge in [-0.3, -0.25) is 4.79 Å². The van der Waals surface area contributed by atoms with E-state index in [1.165, 1.54) is 0 Å². The van der Waals surface area contributed by atoms with Crippen molar-refractivity contribution in [2.75, 3.05) is 11.9 Å². The van der Waals surface area contributed by atoms with Crippen molar-refractivity contribution in [3.63, 3.8) is 0 Å². The van der Waals surface area contributed by atoms with Crippen molar-refractivity contribution in [2.45, 2.75) is 13.5 Å². The fraction of sp³-hybridized carbons (Fsp3) is 0.188. The maximum atomic E-state index is 12.4. The van der Waals surface area contributed by atoms with Crippen LogP contribution in [-0.4, -0.2) is 12.5 Å². The van der Waals surface area contributed by atoms with Crippen molar-refractivity contribution < 1.29 is 4.79 Å². The minimum Gasteiger partial charge on any atom is -0.322 e. The monoisotopic (exact) mass is 366 g/mol. The van der Waals surface area contributed by atoms with E-state index in [0.29, 0.717) is 21.6 Å². The van der Waals surface area contributed by atoms with Gasteiger partial charge in [0, 0.05) is 21.7 Å². The van der Waals surface area contributed by atoms with E-state index in [1.54, 1.807) is 18.2 Å². The number of carbonyl (C=O) groups is 1. The quantitative estimate of drug-likeness (QED) is 0.819. The highest BCUT2D eigenvalue weighted by atomic mass is 79.9. The highest BCUT2D eigenvalue weighted by molar-refractivity contribution is 9.10. The molecule has 0 fully saturated rings. The fourth-order valence-corrected chi connectivity index (χ4v) is 2.52. The number of hydrogen-bond donors (Lipinski definition) is 2. The Bertz CT molecular complexity index is 646. The summed E-state index contributed by atoms with van der Waals surface area (Å²) in [7, 11) is 0. The van der Waals surface area contributed by atoms with Crippen LogP contribution in [0.15, 0.2) is 46.9 Å². The molecule has 2 rings (SSSR count). The molecule has 1 amide bonds. The lowest BCUT2D eigenvalue weighted by atomic mass is 10.1. The van der Waals surface area contributed by atoms with Gasteiger partial charge in [-0.15, -0.1) is 0 Å². The average molecular weight is 368 g/mol. The molecule has 0 saturated heterocycles. The van der Waals surface area contributed by atoms with Crippen LogP contribution in [0.4, 0.5) is 5.69 Å². The third kappa shape index (κ3) is 4.30. The van der Waals surface area contributed by atoms with E-state index in [0.717, 1.165) is 17.8 Å². The summed E-state index contributed by atoms with van der Waals surface area (Å²) in [6.07, 6.45) is 0. The second-order valence-electron chi connectivity index (χ2n) is 4.52. The molecule has 2 N–H and O–H groups in total. The summed E-state index contributed by atoms with van der Waals surface area (Å²) in [4.78, 5) is 12.4. The number of carbonyl (C=O) groups excluding carboxylic acids is 1. The number of nitrogens with one attached hydrogen (secondary N) is 2. The largest absolute Gasteiger partial charge is 0.322 e. The van der Waals surface area contributed by atoms with Crippen LogP contribution in [0.3, 0.4) is 0 Å². The number of halogens is 2. The van der Waals surface area contributed by atoms with Crippen LogP contribution in [0.2, 0.25) is 5.02 Å². The van der Waals surface area contributed by atoms with Crippen LogP contribution in [0, 0.1) is 0 Å². The molecular weight excluding hydrogens is 352 g/mol. The normalized spacial score (nSPS) is 10.4. The average Bonchev–Trinajstić information content (AvgIpc) is 2.48. The van der Waals surface area contributed by atoms with Gasteiger partial charge in [0.05, 0.1) is 5.56 Å². The van der Waals surface area contributed by atoms with Gasteiger partial charge in [0.25, 0.3) is 5.91 Å². The number of benzene rings is 2. The molecule has 5 heteroatoms. The minimum absolute atomic E-state index is 0.187. The highest BCUT2D eigenvalue weighted by Crippen LogP contribution is 2.23. The Morgan fingerprint density at radius 3 is 2.76 bits per heavy atom. The fourth-order valence-electron chi connectivity index (χ4n) is 1.92. The number of anilines is 1. The zero-order valence-electron chi connectivity index (χ0n) is 11.6. The van der Waals surface area contributed by atoms with Gasteiger partial charge >= 0.3 is 0 Å². The standard InChI is InChI=1S/C16H16BrClN2O/c1-2-19-10-11-5-3-4-6-15(11)20-16(21)13-9-12(18)7-8-14(13)17/h3-9,19H,2,10H2,1H3,(H,20,21). The van der Waals surface area contributed by atoms with Crippen molar-refractivity contribution in [3.8, 4) is 0 Å². The molecule has 0 saturated carbocycles. The Morgan fingerprint density at radius 1 is 1.24 bits per heavy atom. The van der Waals surface area contributed by atoms with Crippen LogP contribution in [0.25, 0.3) is 0 Å². The lowest BCUT2D eigenvalue weighted by molar-refractivity contribution is 0.102. The van der Waals surface area contributed by atoms with E-state index < -0.39 is 0 Å². The Kier molecular flexibility index (Phi) is 5.79. The Morgan fingerprint density at radius 2 is 2.00 bits per heavy atom. The molecule has 0 aliphatic rings. The molecule has 0 heterocycles. The number of amides is 1. The van der Waals surface area contributed by atoms with E-state index in [9.17, 15) is 4.79 Å².